The Bertz CT molecular complexity index is 986. The van der Waals surface area contributed by atoms with Crippen molar-refractivity contribution in [1.29, 1.82) is 0 Å². The molecule has 1 aliphatic rings. The van der Waals surface area contributed by atoms with Crippen molar-refractivity contribution in [3.05, 3.63) is 53.6 Å². The third-order valence-corrected chi connectivity index (χ3v) is 4.76. The molecule has 0 bridgehead atoms. The second-order valence-corrected chi connectivity index (χ2v) is 7.84. The molecule has 0 saturated carbocycles. The highest BCUT2D eigenvalue weighted by atomic mass is 16.1. The molecule has 4 rings (SSSR count). The lowest BCUT2D eigenvalue weighted by Gasteiger charge is -2.27. The Balaban J connectivity index is 1.78. The number of pyridine rings is 1. The van der Waals surface area contributed by atoms with Crippen molar-refractivity contribution >= 4 is 11.7 Å². The number of nitrogens with zero attached hydrogens (tertiary/aromatic N) is 5. The van der Waals surface area contributed by atoms with Gasteiger partial charge in [0.05, 0.1) is 5.69 Å². The molecular formula is C20H22N6O. The Morgan fingerprint density at radius 2 is 1.89 bits per heavy atom. The Kier molecular flexibility index (Phi) is 4.02. The van der Waals surface area contributed by atoms with Crippen LogP contribution in [0.1, 0.15) is 49.9 Å². The van der Waals surface area contributed by atoms with Crippen LogP contribution in [0.4, 0.5) is 5.82 Å². The van der Waals surface area contributed by atoms with Crippen molar-refractivity contribution < 1.29 is 4.79 Å². The lowest BCUT2D eigenvalue weighted by molar-refractivity contribution is -0.116. The Hall–Kier alpha value is -3.09. The van der Waals surface area contributed by atoms with E-state index in [1.54, 1.807) is 23.3 Å². The number of carbonyl (C=O) groups is 1. The minimum absolute atomic E-state index is 0.0234. The molecule has 0 aromatic carbocycles. The van der Waals surface area contributed by atoms with Crippen LogP contribution < -0.4 is 5.32 Å². The summed E-state index contributed by atoms with van der Waals surface area (Å²) in [6, 6.07) is 5.64. The smallest absolute Gasteiger partial charge is 0.226 e. The van der Waals surface area contributed by atoms with Crippen molar-refractivity contribution in [2.45, 2.75) is 38.5 Å². The summed E-state index contributed by atoms with van der Waals surface area (Å²) in [6.45, 7) is 6.39. The molecule has 0 radical (unpaired) electrons. The van der Waals surface area contributed by atoms with E-state index >= 15 is 0 Å². The van der Waals surface area contributed by atoms with Crippen LogP contribution in [0.3, 0.4) is 0 Å². The zero-order valence-corrected chi connectivity index (χ0v) is 15.9. The van der Waals surface area contributed by atoms with E-state index in [4.69, 9.17) is 0 Å². The zero-order valence-electron chi connectivity index (χ0n) is 15.9. The molecule has 0 saturated heterocycles. The number of aromatic nitrogens is 5. The predicted octanol–water partition coefficient (Wildman–Crippen LogP) is 3.04. The molecule has 7 heteroatoms. The van der Waals surface area contributed by atoms with Gasteiger partial charge in [-0.3, -0.25) is 14.5 Å². The molecule has 1 N–H and O–H groups in total. The molecule has 4 heterocycles. The van der Waals surface area contributed by atoms with Crippen molar-refractivity contribution in [3.63, 3.8) is 0 Å². The molecular weight excluding hydrogens is 340 g/mol. The molecule has 3 aromatic rings. The molecule has 27 heavy (non-hydrogen) atoms. The minimum atomic E-state index is -0.138. The zero-order chi connectivity index (χ0) is 19.2. The molecule has 0 unspecified atom stereocenters. The van der Waals surface area contributed by atoms with Gasteiger partial charge in [0.2, 0.25) is 5.91 Å². The van der Waals surface area contributed by atoms with Crippen LogP contribution in [0, 0.1) is 0 Å². The van der Waals surface area contributed by atoms with Crippen LogP contribution in [-0.2, 0) is 17.3 Å². The first-order valence-corrected chi connectivity index (χ1v) is 8.95. The lowest BCUT2D eigenvalue weighted by Crippen LogP contribution is -2.26. The third-order valence-electron chi connectivity index (χ3n) is 4.76. The second-order valence-electron chi connectivity index (χ2n) is 7.84. The van der Waals surface area contributed by atoms with E-state index in [0.717, 1.165) is 28.3 Å². The second kappa shape index (κ2) is 6.26. The fourth-order valence-corrected chi connectivity index (χ4v) is 3.47. The van der Waals surface area contributed by atoms with Crippen LogP contribution in [0.25, 0.3) is 11.5 Å². The van der Waals surface area contributed by atoms with E-state index in [1.807, 2.05) is 25.2 Å². The van der Waals surface area contributed by atoms with E-state index in [0.29, 0.717) is 12.2 Å². The monoisotopic (exact) mass is 362 g/mol. The number of hydrogen-bond donors (Lipinski definition) is 1. The van der Waals surface area contributed by atoms with Gasteiger partial charge in [0, 0.05) is 49.0 Å². The summed E-state index contributed by atoms with van der Waals surface area (Å²) >= 11 is 0. The third kappa shape index (κ3) is 3.09. The summed E-state index contributed by atoms with van der Waals surface area (Å²) in [4.78, 5) is 25.6. The highest BCUT2D eigenvalue weighted by Crippen LogP contribution is 2.42. The quantitative estimate of drug-likeness (QED) is 0.757. The van der Waals surface area contributed by atoms with Crippen LogP contribution in [0.2, 0.25) is 0 Å². The number of hydrogen-bond acceptors (Lipinski definition) is 5. The molecule has 0 spiro atoms. The van der Waals surface area contributed by atoms with Crippen LogP contribution in [-0.4, -0.2) is 30.6 Å². The lowest BCUT2D eigenvalue weighted by atomic mass is 9.80. The van der Waals surface area contributed by atoms with Crippen LogP contribution in [0.15, 0.2) is 36.8 Å². The van der Waals surface area contributed by atoms with Crippen molar-refractivity contribution in [2.75, 3.05) is 5.32 Å². The van der Waals surface area contributed by atoms with Crippen molar-refractivity contribution in [3.8, 4) is 11.5 Å². The van der Waals surface area contributed by atoms with Crippen molar-refractivity contribution in [2.24, 2.45) is 7.05 Å². The van der Waals surface area contributed by atoms with Gasteiger partial charge in [0.25, 0.3) is 0 Å². The Morgan fingerprint density at radius 1 is 1.15 bits per heavy atom. The molecule has 138 valence electrons. The summed E-state index contributed by atoms with van der Waals surface area (Å²) in [5.41, 5.74) is 3.53. The van der Waals surface area contributed by atoms with Gasteiger partial charge in [-0.05, 0) is 17.7 Å². The van der Waals surface area contributed by atoms with E-state index in [2.05, 4.69) is 46.1 Å². The Labute approximate surface area is 157 Å². The average molecular weight is 362 g/mol. The largest absolute Gasteiger partial charge is 0.311 e. The standard InChI is InChI=1S/C20H22N6O/c1-20(2,3)17-16-13(9-15(27)24-19(16)26(4)25-17)12-10-22-18(23-11-12)14-7-5-6-8-21-14/h5-8,10-11,13H,9H2,1-4H3,(H,24,27)/t13-/m0/s1. The maximum Gasteiger partial charge on any atom is 0.226 e. The fourth-order valence-electron chi connectivity index (χ4n) is 3.47. The van der Waals surface area contributed by atoms with Gasteiger partial charge in [-0.25, -0.2) is 9.97 Å². The van der Waals surface area contributed by atoms with Crippen LogP contribution in [0.5, 0.6) is 0 Å². The van der Waals surface area contributed by atoms with Gasteiger partial charge in [-0.2, -0.15) is 5.10 Å². The SMILES string of the molecule is Cn1nc(C(C)(C)C)c2c1NC(=O)C[C@H]2c1cnc(-c2ccccn2)nc1. The van der Waals surface area contributed by atoms with E-state index < -0.39 is 0 Å². The molecule has 0 fully saturated rings. The van der Waals surface area contributed by atoms with Gasteiger partial charge in [-0.15, -0.1) is 0 Å². The highest BCUT2D eigenvalue weighted by Gasteiger charge is 2.36. The van der Waals surface area contributed by atoms with Gasteiger partial charge in [-0.1, -0.05) is 26.8 Å². The molecule has 1 amide bonds. The number of amides is 1. The highest BCUT2D eigenvalue weighted by molar-refractivity contribution is 5.94. The van der Waals surface area contributed by atoms with E-state index in [-0.39, 0.29) is 17.2 Å². The molecule has 3 aromatic heterocycles. The summed E-state index contributed by atoms with van der Waals surface area (Å²) in [5.74, 6) is 1.19. The first kappa shape index (κ1) is 17.3. The minimum Gasteiger partial charge on any atom is -0.311 e. The van der Waals surface area contributed by atoms with Gasteiger partial charge in [0.15, 0.2) is 5.82 Å². The summed E-state index contributed by atoms with van der Waals surface area (Å²) in [6.07, 6.45) is 5.66. The summed E-state index contributed by atoms with van der Waals surface area (Å²) in [5, 5.41) is 7.66. The molecule has 1 aliphatic heterocycles. The molecule has 0 aliphatic carbocycles. The predicted molar refractivity (Wildman–Crippen MR) is 102 cm³/mol. The number of nitrogens with one attached hydrogen (secondary N) is 1. The van der Waals surface area contributed by atoms with Gasteiger partial charge >= 0.3 is 0 Å². The first-order chi connectivity index (χ1) is 12.8. The van der Waals surface area contributed by atoms with E-state index in [9.17, 15) is 4.79 Å². The maximum absolute atomic E-state index is 12.3. The summed E-state index contributed by atoms with van der Waals surface area (Å²) < 4.78 is 1.75. The Morgan fingerprint density at radius 3 is 2.52 bits per heavy atom. The maximum atomic E-state index is 12.3. The molecule has 1 atom stereocenters. The van der Waals surface area contributed by atoms with Crippen LogP contribution >= 0.6 is 0 Å². The topological polar surface area (TPSA) is 85.6 Å². The number of aryl methyl sites for hydroxylation is 1. The van der Waals surface area contributed by atoms with Gasteiger partial charge in [0.1, 0.15) is 11.5 Å². The normalized spacial score (nSPS) is 16.7. The fraction of sp³-hybridized carbons (Fsp3) is 0.350. The molecule has 7 nitrogen and oxygen atoms in total. The average Bonchev–Trinajstić information content (AvgIpc) is 2.99. The number of carbonyl (C=O) groups excluding carboxylic acids is 1. The van der Waals surface area contributed by atoms with Gasteiger partial charge < -0.3 is 5.32 Å². The number of anilines is 1. The van der Waals surface area contributed by atoms with Crippen molar-refractivity contribution in [1.82, 2.24) is 24.7 Å². The number of fused-ring (bicyclic) bond motifs is 1. The number of rotatable bonds is 2. The first-order valence-electron chi connectivity index (χ1n) is 8.95. The summed E-state index contributed by atoms with van der Waals surface area (Å²) in [7, 11) is 1.86. The van der Waals surface area contributed by atoms with E-state index in [1.165, 1.54) is 0 Å².